The van der Waals surface area contributed by atoms with E-state index in [1.807, 2.05) is 12.1 Å². The number of hydrogen-bond acceptors (Lipinski definition) is 2. The zero-order valence-electron chi connectivity index (χ0n) is 9.20. The zero-order valence-corrected chi connectivity index (χ0v) is 10.8. The predicted octanol–water partition coefficient (Wildman–Crippen LogP) is 3.12. The average Bonchev–Trinajstić information content (AvgIpc) is 2.05. The minimum atomic E-state index is 0.786. The highest BCUT2D eigenvalue weighted by Gasteiger charge is 2.29. The third kappa shape index (κ3) is 2.12. The van der Waals surface area contributed by atoms with Crippen LogP contribution in [0.5, 0.6) is 0 Å². The molecule has 0 spiro atoms. The molecular formula is C12H17BrN2. The highest BCUT2D eigenvalue weighted by atomic mass is 79.9. The minimum absolute atomic E-state index is 0.786. The molecule has 0 amide bonds. The number of benzene rings is 1. The largest absolute Gasteiger partial charge is 0.399 e. The lowest BCUT2D eigenvalue weighted by molar-refractivity contribution is 0.309. The fourth-order valence-corrected chi connectivity index (χ4v) is 2.56. The summed E-state index contributed by atoms with van der Waals surface area (Å²) in [5.41, 5.74) is 7.79. The van der Waals surface area contributed by atoms with Crippen LogP contribution in [0.3, 0.4) is 0 Å². The lowest BCUT2D eigenvalue weighted by Crippen LogP contribution is -2.49. The molecule has 15 heavy (non-hydrogen) atoms. The number of hydrogen-bond donors (Lipinski definition) is 1. The van der Waals surface area contributed by atoms with Crippen LogP contribution >= 0.6 is 15.9 Å². The van der Waals surface area contributed by atoms with Crippen LogP contribution in [0.2, 0.25) is 0 Å². The maximum absolute atomic E-state index is 5.71. The van der Waals surface area contributed by atoms with Gasteiger partial charge in [-0.05, 0) is 46.0 Å². The van der Waals surface area contributed by atoms with E-state index in [1.165, 1.54) is 18.8 Å². The first kappa shape index (κ1) is 10.8. The maximum atomic E-state index is 5.71. The summed E-state index contributed by atoms with van der Waals surface area (Å²) in [6.45, 7) is 6.92. The molecule has 0 bridgehead atoms. The van der Waals surface area contributed by atoms with Crippen molar-refractivity contribution >= 4 is 27.3 Å². The molecule has 0 saturated carbocycles. The predicted molar refractivity (Wildman–Crippen MR) is 69.1 cm³/mol. The fourth-order valence-electron chi connectivity index (χ4n) is 1.91. The van der Waals surface area contributed by atoms with Crippen LogP contribution in [0.25, 0.3) is 0 Å². The van der Waals surface area contributed by atoms with Gasteiger partial charge in [0.25, 0.3) is 0 Å². The number of rotatable bonds is 2. The summed E-state index contributed by atoms with van der Waals surface area (Å²) in [4.78, 5) is 2.40. The first-order valence-corrected chi connectivity index (χ1v) is 6.17. The Morgan fingerprint density at radius 3 is 2.60 bits per heavy atom. The van der Waals surface area contributed by atoms with E-state index in [9.17, 15) is 0 Å². The van der Waals surface area contributed by atoms with Crippen molar-refractivity contribution in [3.63, 3.8) is 0 Å². The van der Waals surface area contributed by atoms with Crippen LogP contribution < -0.4 is 10.6 Å². The van der Waals surface area contributed by atoms with Gasteiger partial charge < -0.3 is 10.6 Å². The van der Waals surface area contributed by atoms with Crippen molar-refractivity contribution < 1.29 is 0 Å². The number of halogens is 1. The van der Waals surface area contributed by atoms with Crippen LogP contribution in [0, 0.1) is 11.8 Å². The molecule has 0 aromatic heterocycles. The number of nitrogens with two attached hydrogens (primary N) is 1. The lowest BCUT2D eigenvalue weighted by atomic mass is 9.88. The molecule has 1 aliphatic heterocycles. The normalized spacial score (nSPS) is 16.9. The van der Waals surface area contributed by atoms with Gasteiger partial charge in [-0.1, -0.05) is 13.8 Å². The average molecular weight is 269 g/mol. The Kier molecular flexibility index (Phi) is 2.91. The molecule has 2 nitrogen and oxygen atoms in total. The molecule has 1 fully saturated rings. The van der Waals surface area contributed by atoms with Gasteiger partial charge in [-0.25, -0.2) is 0 Å². The van der Waals surface area contributed by atoms with E-state index in [0.29, 0.717) is 0 Å². The Morgan fingerprint density at radius 2 is 2.07 bits per heavy atom. The molecule has 2 N–H and O–H groups in total. The molecule has 1 aromatic rings. The van der Waals surface area contributed by atoms with Gasteiger partial charge in [-0.15, -0.1) is 0 Å². The first-order valence-electron chi connectivity index (χ1n) is 5.38. The van der Waals surface area contributed by atoms with Gasteiger partial charge >= 0.3 is 0 Å². The Balaban J connectivity index is 2.07. The molecule has 82 valence electrons. The molecule has 0 aliphatic carbocycles. The number of anilines is 2. The quantitative estimate of drug-likeness (QED) is 0.836. The molecule has 2 rings (SSSR count). The molecule has 1 saturated heterocycles. The monoisotopic (exact) mass is 268 g/mol. The fraction of sp³-hybridized carbons (Fsp3) is 0.500. The van der Waals surface area contributed by atoms with Gasteiger partial charge in [-0.3, -0.25) is 0 Å². The molecule has 1 aromatic carbocycles. The second-order valence-corrected chi connectivity index (χ2v) is 5.47. The molecule has 0 atom stereocenters. The molecular weight excluding hydrogens is 252 g/mol. The molecule has 0 radical (unpaired) electrons. The summed E-state index contributed by atoms with van der Waals surface area (Å²) in [6.07, 6.45) is 0. The maximum Gasteiger partial charge on any atom is 0.0512 e. The van der Waals surface area contributed by atoms with Crippen LogP contribution in [0.4, 0.5) is 11.4 Å². The van der Waals surface area contributed by atoms with Gasteiger partial charge in [0.2, 0.25) is 0 Å². The second kappa shape index (κ2) is 4.05. The molecule has 1 heterocycles. The van der Waals surface area contributed by atoms with E-state index >= 15 is 0 Å². The molecule has 0 unspecified atom stereocenters. The van der Waals surface area contributed by atoms with Gasteiger partial charge in [0.05, 0.1) is 5.69 Å². The molecule has 1 aliphatic rings. The van der Waals surface area contributed by atoms with E-state index in [0.717, 1.165) is 22.0 Å². The summed E-state index contributed by atoms with van der Waals surface area (Å²) in [6, 6.07) is 6.02. The SMILES string of the molecule is CC(C)C1CN(c2ccc(N)cc2Br)C1. The summed E-state index contributed by atoms with van der Waals surface area (Å²) in [5, 5.41) is 0. The van der Waals surface area contributed by atoms with Crippen molar-refractivity contribution in [3.8, 4) is 0 Å². The summed E-state index contributed by atoms with van der Waals surface area (Å²) in [7, 11) is 0. The van der Waals surface area contributed by atoms with Crippen LogP contribution in [0.1, 0.15) is 13.8 Å². The summed E-state index contributed by atoms with van der Waals surface area (Å²) >= 11 is 3.56. The zero-order chi connectivity index (χ0) is 11.0. The van der Waals surface area contributed by atoms with Gasteiger partial charge in [-0.2, -0.15) is 0 Å². The topological polar surface area (TPSA) is 29.3 Å². The highest BCUT2D eigenvalue weighted by molar-refractivity contribution is 9.10. The van der Waals surface area contributed by atoms with E-state index in [4.69, 9.17) is 5.73 Å². The van der Waals surface area contributed by atoms with Gasteiger partial charge in [0.15, 0.2) is 0 Å². The van der Waals surface area contributed by atoms with Crippen molar-refractivity contribution in [2.24, 2.45) is 11.8 Å². The number of nitrogens with zero attached hydrogens (tertiary/aromatic N) is 1. The summed E-state index contributed by atoms with van der Waals surface area (Å²) in [5.74, 6) is 1.63. The van der Waals surface area contributed by atoms with E-state index in [-0.39, 0.29) is 0 Å². The van der Waals surface area contributed by atoms with Crippen molar-refractivity contribution in [1.29, 1.82) is 0 Å². The Labute approximate surface area is 99.6 Å². The van der Waals surface area contributed by atoms with Crippen molar-refractivity contribution in [3.05, 3.63) is 22.7 Å². The Morgan fingerprint density at radius 1 is 1.40 bits per heavy atom. The smallest absolute Gasteiger partial charge is 0.0512 e. The number of nitrogen functional groups attached to an aromatic ring is 1. The van der Waals surface area contributed by atoms with E-state index in [1.54, 1.807) is 0 Å². The van der Waals surface area contributed by atoms with E-state index in [2.05, 4.69) is 40.7 Å². The minimum Gasteiger partial charge on any atom is -0.399 e. The van der Waals surface area contributed by atoms with Gasteiger partial charge in [0, 0.05) is 23.2 Å². The Bertz CT molecular complexity index is 357. The van der Waals surface area contributed by atoms with Crippen LogP contribution in [0.15, 0.2) is 22.7 Å². The highest BCUT2D eigenvalue weighted by Crippen LogP contribution is 2.34. The third-order valence-corrected chi connectivity index (χ3v) is 3.80. The standard InChI is InChI=1S/C12H17BrN2/c1-8(2)9-6-15(7-9)12-4-3-10(14)5-11(12)13/h3-5,8-9H,6-7,14H2,1-2H3. The third-order valence-electron chi connectivity index (χ3n) is 3.17. The Hall–Kier alpha value is -0.700. The van der Waals surface area contributed by atoms with Gasteiger partial charge in [0.1, 0.15) is 0 Å². The van der Waals surface area contributed by atoms with Crippen LogP contribution in [-0.4, -0.2) is 13.1 Å². The lowest BCUT2D eigenvalue weighted by Gasteiger charge is -2.43. The molecule has 3 heteroatoms. The first-order chi connectivity index (χ1) is 7.08. The van der Waals surface area contributed by atoms with E-state index < -0.39 is 0 Å². The second-order valence-electron chi connectivity index (χ2n) is 4.62. The van der Waals surface area contributed by atoms with Crippen molar-refractivity contribution in [2.45, 2.75) is 13.8 Å². The van der Waals surface area contributed by atoms with Crippen molar-refractivity contribution in [2.75, 3.05) is 23.7 Å². The summed E-state index contributed by atoms with van der Waals surface area (Å²) < 4.78 is 1.10. The van der Waals surface area contributed by atoms with Crippen LogP contribution in [-0.2, 0) is 0 Å². The van der Waals surface area contributed by atoms with Crippen molar-refractivity contribution in [1.82, 2.24) is 0 Å².